The second-order valence-corrected chi connectivity index (χ2v) is 8.39. The fourth-order valence-electron chi connectivity index (χ4n) is 3.95. The second kappa shape index (κ2) is 6.51. The van der Waals surface area contributed by atoms with E-state index in [0.717, 1.165) is 41.3 Å². The molecule has 1 saturated heterocycles. The molecule has 5 nitrogen and oxygen atoms in total. The summed E-state index contributed by atoms with van der Waals surface area (Å²) < 4.78 is 2.08. The Morgan fingerprint density at radius 3 is 2.50 bits per heavy atom. The van der Waals surface area contributed by atoms with Gasteiger partial charge in [0.2, 0.25) is 0 Å². The minimum atomic E-state index is 0.468. The van der Waals surface area contributed by atoms with E-state index in [1.807, 2.05) is 30.6 Å². The van der Waals surface area contributed by atoms with Crippen LogP contribution < -0.4 is 10.2 Å². The third kappa shape index (κ3) is 3.07. The smallest absolute Gasteiger partial charge is 0.180 e. The normalized spacial score (nSPS) is 16.6. The summed E-state index contributed by atoms with van der Waals surface area (Å²) in [6, 6.07) is 16.8. The van der Waals surface area contributed by atoms with Crippen molar-refractivity contribution < 1.29 is 0 Å². The van der Waals surface area contributed by atoms with Gasteiger partial charge in [-0.05, 0) is 54.7 Å². The molecule has 0 bridgehead atoms. The highest BCUT2D eigenvalue weighted by Crippen LogP contribution is 2.33. The van der Waals surface area contributed by atoms with Crippen LogP contribution in [0.5, 0.6) is 0 Å². The predicted octanol–water partition coefficient (Wildman–Crippen LogP) is 5.25. The van der Waals surface area contributed by atoms with E-state index >= 15 is 0 Å². The Morgan fingerprint density at radius 1 is 0.964 bits per heavy atom. The lowest BCUT2D eigenvalue weighted by Crippen LogP contribution is -2.37. The predicted molar refractivity (Wildman–Crippen MR) is 115 cm³/mol. The Bertz CT molecular complexity index is 1120. The van der Waals surface area contributed by atoms with E-state index in [0.29, 0.717) is 5.41 Å². The van der Waals surface area contributed by atoms with Gasteiger partial charge in [0.15, 0.2) is 11.5 Å². The summed E-state index contributed by atoms with van der Waals surface area (Å²) in [4.78, 5) is 11.8. The molecule has 0 atom stereocenters. The summed E-state index contributed by atoms with van der Waals surface area (Å²) in [6.45, 7) is 6.98. The van der Waals surface area contributed by atoms with Gasteiger partial charge in [0.25, 0.3) is 0 Å². The Kier molecular flexibility index (Phi) is 3.97. The van der Waals surface area contributed by atoms with Crippen LogP contribution in [0.1, 0.15) is 26.7 Å². The van der Waals surface area contributed by atoms with E-state index in [-0.39, 0.29) is 0 Å². The van der Waals surface area contributed by atoms with Gasteiger partial charge in [-0.3, -0.25) is 4.40 Å². The monoisotopic (exact) mass is 371 g/mol. The maximum atomic E-state index is 4.79. The highest BCUT2D eigenvalue weighted by Gasteiger charge is 2.25. The van der Waals surface area contributed by atoms with Gasteiger partial charge in [-0.2, -0.15) is 0 Å². The molecule has 0 saturated carbocycles. The van der Waals surface area contributed by atoms with Crippen LogP contribution in [0.3, 0.4) is 0 Å². The van der Waals surface area contributed by atoms with Crippen molar-refractivity contribution >= 4 is 33.9 Å². The van der Waals surface area contributed by atoms with Crippen LogP contribution in [0.25, 0.3) is 16.7 Å². The summed E-state index contributed by atoms with van der Waals surface area (Å²) in [5.74, 6) is 0.774. The van der Waals surface area contributed by atoms with E-state index < -0.39 is 0 Å². The largest absolute Gasteiger partial charge is 0.371 e. The van der Waals surface area contributed by atoms with E-state index in [1.165, 1.54) is 18.5 Å². The molecular formula is C23H25N5. The van der Waals surface area contributed by atoms with Gasteiger partial charge in [0.1, 0.15) is 0 Å². The summed E-state index contributed by atoms with van der Waals surface area (Å²) in [7, 11) is 0. The van der Waals surface area contributed by atoms with E-state index in [4.69, 9.17) is 4.98 Å². The molecule has 0 unspecified atom stereocenters. The molecule has 5 rings (SSSR count). The van der Waals surface area contributed by atoms with E-state index in [1.54, 1.807) is 0 Å². The van der Waals surface area contributed by atoms with Crippen LogP contribution >= 0.6 is 0 Å². The minimum absolute atomic E-state index is 0.468. The molecule has 28 heavy (non-hydrogen) atoms. The quantitative estimate of drug-likeness (QED) is 0.534. The van der Waals surface area contributed by atoms with Crippen LogP contribution in [-0.4, -0.2) is 27.5 Å². The molecule has 2 aromatic carbocycles. The van der Waals surface area contributed by atoms with Crippen LogP contribution in [0.2, 0.25) is 0 Å². The number of aromatic nitrogens is 3. The average Bonchev–Trinajstić information content (AvgIpc) is 3.19. The highest BCUT2D eigenvalue weighted by molar-refractivity contribution is 5.84. The molecule has 142 valence electrons. The second-order valence-electron chi connectivity index (χ2n) is 8.39. The highest BCUT2D eigenvalue weighted by atomic mass is 15.1. The van der Waals surface area contributed by atoms with Crippen molar-refractivity contribution in [3.8, 4) is 0 Å². The number of hydrogen-bond acceptors (Lipinski definition) is 4. The molecule has 0 aliphatic carbocycles. The van der Waals surface area contributed by atoms with E-state index in [2.05, 4.69) is 63.8 Å². The molecule has 1 aliphatic heterocycles. The summed E-state index contributed by atoms with van der Waals surface area (Å²) >= 11 is 0. The molecule has 2 aromatic heterocycles. The first kappa shape index (κ1) is 17.0. The van der Waals surface area contributed by atoms with Crippen LogP contribution in [0.4, 0.5) is 17.2 Å². The lowest BCUT2D eigenvalue weighted by Gasteiger charge is -2.38. The van der Waals surface area contributed by atoms with Gasteiger partial charge in [-0.25, -0.2) is 9.97 Å². The fraction of sp³-hybridized carbons (Fsp3) is 0.304. The zero-order valence-corrected chi connectivity index (χ0v) is 16.4. The Balaban J connectivity index is 1.41. The Morgan fingerprint density at radius 2 is 1.71 bits per heavy atom. The van der Waals surface area contributed by atoms with Crippen molar-refractivity contribution in [3.05, 3.63) is 60.9 Å². The first-order chi connectivity index (χ1) is 13.6. The maximum absolute atomic E-state index is 4.79. The lowest BCUT2D eigenvalue weighted by atomic mass is 9.82. The molecule has 0 amide bonds. The van der Waals surface area contributed by atoms with Gasteiger partial charge in [-0.15, -0.1) is 0 Å². The lowest BCUT2D eigenvalue weighted by molar-refractivity contribution is 0.280. The van der Waals surface area contributed by atoms with Crippen molar-refractivity contribution in [1.29, 1.82) is 0 Å². The number of para-hydroxylation sites is 2. The first-order valence-electron chi connectivity index (χ1n) is 9.93. The van der Waals surface area contributed by atoms with Gasteiger partial charge in [-0.1, -0.05) is 26.0 Å². The van der Waals surface area contributed by atoms with Crippen molar-refractivity contribution in [1.82, 2.24) is 14.4 Å². The van der Waals surface area contributed by atoms with Gasteiger partial charge in [0, 0.05) is 36.9 Å². The molecular weight excluding hydrogens is 346 g/mol. The molecule has 4 aromatic rings. The van der Waals surface area contributed by atoms with Crippen LogP contribution in [0, 0.1) is 5.41 Å². The maximum Gasteiger partial charge on any atom is 0.180 e. The SMILES string of the molecule is CC1(C)CCN(c2ccc(Nc3nc4ccccc4n4ccnc34)cc2)CC1. The van der Waals surface area contributed by atoms with Crippen molar-refractivity contribution in [2.45, 2.75) is 26.7 Å². The number of nitrogens with one attached hydrogen (secondary N) is 1. The van der Waals surface area contributed by atoms with Crippen molar-refractivity contribution in [2.24, 2.45) is 5.41 Å². The number of rotatable bonds is 3. The van der Waals surface area contributed by atoms with Crippen molar-refractivity contribution in [3.63, 3.8) is 0 Å². The molecule has 0 radical (unpaired) electrons. The zero-order chi connectivity index (χ0) is 19.1. The number of hydrogen-bond donors (Lipinski definition) is 1. The number of imidazole rings is 1. The molecule has 5 heteroatoms. The minimum Gasteiger partial charge on any atom is -0.371 e. The molecule has 1 N–H and O–H groups in total. The number of benzene rings is 2. The van der Waals surface area contributed by atoms with Gasteiger partial charge >= 0.3 is 0 Å². The number of piperidine rings is 1. The molecule has 1 fully saturated rings. The summed E-state index contributed by atoms with van der Waals surface area (Å²) in [5.41, 5.74) is 5.62. The summed E-state index contributed by atoms with van der Waals surface area (Å²) in [5, 5.41) is 3.46. The summed E-state index contributed by atoms with van der Waals surface area (Å²) in [6.07, 6.45) is 6.28. The first-order valence-corrected chi connectivity index (χ1v) is 9.93. The number of nitrogens with zero attached hydrogens (tertiary/aromatic N) is 4. The van der Waals surface area contributed by atoms with Crippen molar-refractivity contribution in [2.75, 3.05) is 23.3 Å². The third-order valence-corrected chi connectivity index (χ3v) is 5.84. The van der Waals surface area contributed by atoms with Crippen LogP contribution in [-0.2, 0) is 0 Å². The van der Waals surface area contributed by atoms with E-state index in [9.17, 15) is 0 Å². The topological polar surface area (TPSA) is 45.5 Å². The Hall–Kier alpha value is -3.08. The van der Waals surface area contributed by atoms with Gasteiger partial charge in [0.05, 0.1) is 11.0 Å². The fourth-order valence-corrected chi connectivity index (χ4v) is 3.95. The van der Waals surface area contributed by atoms with Crippen LogP contribution in [0.15, 0.2) is 60.9 Å². The number of anilines is 3. The molecule has 3 heterocycles. The standard InChI is InChI=1S/C23H25N5/c1-23(2)11-14-27(15-12-23)18-9-7-17(8-10-18)25-21-22-24-13-16-28(22)20-6-4-3-5-19(20)26-21/h3-10,13,16H,11-12,14-15H2,1-2H3,(H,25,26). The third-order valence-electron chi connectivity index (χ3n) is 5.84. The molecule has 1 aliphatic rings. The average molecular weight is 371 g/mol. The Labute approximate surface area is 165 Å². The van der Waals surface area contributed by atoms with Gasteiger partial charge < -0.3 is 10.2 Å². The number of fused-ring (bicyclic) bond motifs is 3. The zero-order valence-electron chi connectivity index (χ0n) is 16.4. The molecule has 0 spiro atoms.